The maximum absolute atomic E-state index is 8.35. The van der Waals surface area contributed by atoms with E-state index in [0.717, 1.165) is 16.7 Å². The minimum absolute atomic E-state index is 0.359. The molecule has 0 saturated heterocycles. The summed E-state index contributed by atoms with van der Waals surface area (Å²) in [4.78, 5) is 14.0. The van der Waals surface area contributed by atoms with Crippen LogP contribution in [0.15, 0.2) is 18.2 Å². The summed E-state index contributed by atoms with van der Waals surface area (Å²) in [7, 11) is 0. The van der Waals surface area contributed by atoms with Gasteiger partial charge in [-0.25, -0.2) is 30.4 Å². The van der Waals surface area contributed by atoms with Crippen molar-refractivity contribution >= 4 is 0 Å². The van der Waals surface area contributed by atoms with Gasteiger partial charge in [-0.05, 0) is 37.5 Å². The van der Waals surface area contributed by atoms with Crippen molar-refractivity contribution in [1.29, 1.82) is 0 Å². The van der Waals surface area contributed by atoms with Crippen LogP contribution in [-0.2, 0) is 49.0 Å². The highest BCUT2D eigenvalue weighted by molar-refractivity contribution is 5.31. The average molecular weight is 348 g/mol. The zero-order valence-electron chi connectivity index (χ0n) is 13.9. The molecule has 0 bridgehead atoms. The van der Waals surface area contributed by atoms with E-state index in [1.807, 2.05) is 18.2 Å². The quantitative estimate of drug-likeness (QED) is 0.387. The molecule has 0 heterocycles. The molecule has 0 aliphatic rings. The highest BCUT2D eigenvalue weighted by atomic mass is 17.5. The fourth-order valence-electron chi connectivity index (χ4n) is 2.51. The zero-order valence-corrected chi connectivity index (χ0v) is 13.9. The van der Waals surface area contributed by atoms with E-state index >= 15 is 0 Å². The molecule has 0 aliphatic carbocycles. The van der Waals surface area contributed by atoms with Crippen LogP contribution in [0.25, 0.3) is 0 Å². The van der Waals surface area contributed by atoms with Crippen molar-refractivity contribution in [2.45, 2.75) is 58.3 Å². The van der Waals surface area contributed by atoms with Crippen LogP contribution in [0.2, 0.25) is 0 Å². The molecule has 3 unspecified atom stereocenters. The third-order valence-electron chi connectivity index (χ3n) is 3.30. The third-order valence-corrected chi connectivity index (χ3v) is 3.30. The fourth-order valence-corrected chi connectivity index (χ4v) is 2.51. The molecular weight excluding hydrogens is 324 g/mol. The van der Waals surface area contributed by atoms with Gasteiger partial charge in [-0.2, -0.15) is 0 Å². The molecule has 0 radical (unpaired) electrons. The van der Waals surface area contributed by atoms with Crippen molar-refractivity contribution in [3.8, 4) is 0 Å². The predicted molar refractivity (Wildman–Crippen MR) is 80.3 cm³/mol. The van der Waals surface area contributed by atoms with Crippen LogP contribution in [0.1, 0.15) is 37.5 Å². The minimum atomic E-state index is -0.359. The van der Waals surface area contributed by atoms with E-state index < -0.39 is 0 Å². The van der Waals surface area contributed by atoms with Crippen LogP contribution in [0.3, 0.4) is 0 Å². The van der Waals surface area contributed by atoms with E-state index in [-0.39, 0.29) is 18.3 Å². The Morgan fingerprint density at radius 1 is 0.625 bits per heavy atom. The fraction of sp³-hybridized carbons (Fsp3) is 0.600. The molecular formula is C15H24O9. The number of hydrogen-bond acceptors (Lipinski definition) is 9. The summed E-state index contributed by atoms with van der Waals surface area (Å²) in [5.74, 6) is 0. The lowest BCUT2D eigenvalue weighted by atomic mass is 9.96. The summed E-state index contributed by atoms with van der Waals surface area (Å²) in [6, 6.07) is 5.85. The summed E-state index contributed by atoms with van der Waals surface area (Å²) in [5.41, 5.74) is 2.84. The molecule has 0 amide bonds. The Morgan fingerprint density at radius 2 is 0.875 bits per heavy atom. The molecule has 0 fully saturated rings. The molecule has 138 valence electrons. The van der Waals surface area contributed by atoms with Crippen molar-refractivity contribution in [2.75, 3.05) is 0 Å². The van der Waals surface area contributed by atoms with E-state index in [9.17, 15) is 0 Å². The molecule has 0 aliphatic heterocycles. The smallest absolute Gasteiger partial charge is 0.0973 e. The van der Waals surface area contributed by atoms with Gasteiger partial charge in [-0.1, -0.05) is 33.3 Å². The van der Waals surface area contributed by atoms with Gasteiger partial charge in [-0.15, -0.1) is 0 Å². The molecule has 0 spiro atoms. The van der Waals surface area contributed by atoms with Crippen molar-refractivity contribution in [2.24, 2.45) is 0 Å². The molecule has 3 atom stereocenters. The highest BCUT2D eigenvalue weighted by Crippen LogP contribution is 2.18. The van der Waals surface area contributed by atoms with E-state index in [2.05, 4.69) is 29.8 Å². The summed E-state index contributed by atoms with van der Waals surface area (Å²) in [6.45, 7) is 5.25. The first kappa shape index (κ1) is 20.9. The molecule has 0 saturated carbocycles. The first-order valence-corrected chi connectivity index (χ1v) is 7.50. The van der Waals surface area contributed by atoms with Crippen LogP contribution in [0, 0.1) is 0 Å². The van der Waals surface area contributed by atoms with Gasteiger partial charge >= 0.3 is 0 Å². The molecule has 0 aromatic heterocycles. The Kier molecular flexibility index (Phi) is 9.95. The van der Waals surface area contributed by atoms with Gasteiger partial charge in [0.1, 0.15) is 0 Å². The van der Waals surface area contributed by atoms with E-state index in [4.69, 9.17) is 15.8 Å². The normalized spacial score (nSPS) is 15.2. The van der Waals surface area contributed by atoms with Crippen molar-refractivity contribution in [1.82, 2.24) is 0 Å². The second-order valence-corrected chi connectivity index (χ2v) is 5.71. The zero-order chi connectivity index (χ0) is 17.9. The van der Waals surface area contributed by atoms with E-state index in [1.54, 1.807) is 20.8 Å². The van der Waals surface area contributed by atoms with Gasteiger partial charge in [0.2, 0.25) is 0 Å². The van der Waals surface area contributed by atoms with Gasteiger partial charge < -0.3 is 0 Å². The third kappa shape index (κ3) is 8.11. The Balaban J connectivity index is 2.91. The second-order valence-electron chi connectivity index (χ2n) is 5.71. The molecule has 9 heteroatoms. The summed E-state index contributed by atoms with van der Waals surface area (Å²) in [6.07, 6.45) is 0.419. The van der Waals surface area contributed by atoms with Crippen LogP contribution in [0.4, 0.5) is 0 Å². The van der Waals surface area contributed by atoms with Crippen molar-refractivity contribution in [3.63, 3.8) is 0 Å². The van der Waals surface area contributed by atoms with Crippen LogP contribution >= 0.6 is 0 Å². The monoisotopic (exact) mass is 348 g/mol. The topological polar surface area (TPSA) is 116 Å². The molecule has 1 rings (SSSR count). The Hall–Kier alpha value is -1.14. The minimum Gasteiger partial charge on any atom is -0.221 e. The predicted octanol–water partition coefficient (Wildman–Crippen LogP) is 2.74. The Labute approximate surface area is 139 Å². The lowest BCUT2D eigenvalue weighted by molar-refractivity contribution is -0.504. The first-order valence-electron chi connectivity index (χ1n) is 7.50. The van der Waals surface area contributed by atoms with E-state index in [1.165, 1.54) is 0 Å². The highest BCUT2D eigenvalue weighted by Gasteiger charge is 2.13. The molecule has 24 heavy (non-hydrogen) atoms. The molecule has 1 aromatic rings. The standard InChI is InChI=1S/C15H24O9/c1-10(19-22-16)4-13-7-14(5-11(2)20-23-17)9-15(8-13)6-12(3)21-24-18/h7-12,16-18H,4-6H2,1-3H3. The van der Waals surface area contributed by atoms with Gasteiger partial charge in [0.05, 0.1) is 18.3 Å². The second kappa shape index (κ2) is 11.4. The average Bonchev–Trinajstić information content (AvgIpc) is 2.47. The lowest BCUT2D eigenvalue weighted by Gasteiger charge is -2.16. The first-order chi connectivity index (χ1) is 11.5. The summed E-state index contributed by atoms with van der Waals surface area (Å²) < 4.78 is 0. The van der Waals surface area contributed by atoms with Crippen LogP contribution < -0.4 is 0 Å². The van der Waals surface area contributed by atoms with Crippen LogP contribution in [0.5, 0.6) is 0 Å². The van der Waals surface area contributed by atoms with Gasteiger partial charge in [0, 0.05) is 19.3 Å². The summed E-state index contributed by atoms with van der Waals surface area (Å²) >= 11 is 0. The maximum Gasteiger partial charge on any atom is 0.0973 e. The summed E-state index contributed by atoms with van der Waals surface area (Å²) in [5, 5.41) is 36.2. The van der Waals surface area contributed by atoms with Gasteiger partial charge in [0.15, 0.2) is 0 Å². The molecule has 9 nitrogen and oxygen atoms in total. The SMILES string of the molecule is CC(Cc1cc(CC(C)OOO)cc(CC(C)OOO)c1)OOO. The number of rotatable bonds is 12. The maximum atomic E-state index is 8.35. The Morgan fingerprint density at radius 3 is 1.08 bits per heavy atom. The molecule has 3 N–H and O–H groups in total. The van der Waals surface area contributed by atoms with E-state index in [0.29, 0.717) is 19.3 Å². The van der Waals surface area contributed by atoms with Crippen molar-refractivity contribution in [3.05, 3.63) is 34.9 Å². The van der Waals surface area contributed by atoms with Crippen molar-refractivity contribution < 1.29 is 45.5 Å². The lowest BCUT2D eigenvalue weighted by Crippen LogP contribution is -2.15. The van der Waals surface area contributed by atoms with Gasteiger partial charge in [-0.3, -0.25) is 0 Å². The largest absolute Gasteiger partial charge is 0.221 e. The number of hydrogen-bond donors (Lipinski definition) is 3. The van der Waals surface area contributed by atoms with Crippen LogP contribution in [-0.4, -0.2) is 34.1 Å². The Bertz CT molecular complexity index is 389. The number of benzene rings is 1. The van der Waals surface area contributed by atoms with Gasteiger partial charge in [0.25, 0.3) is 0 Å². The molecule has 1 aromatic carbocycles.